The van der Waals surface area contributed by atoms with Gasteiger partial charge in [0.25, 0.3) is 0 Å². The Balaban J connectivity index is 3.96. The van der Waals surface area contributed by atoms with E-state index in [1.807, 2.05) is 0 Å². The average molecular weight is 634 g/mol. The molecule has 0 rings (SSSR count). The van der Waals surface area contributed by atoms with Crippen LogP contribution in [-0.4, -0.2) is 26.4 Å². The zero-order valence-electron chi connectivity index (χ0n) is 9.51. The second kappa shape index (κ2) is 12.9. The maximum atomic E-state index is 8.49. The molecule has 0 N–H and O–H groups in total. The summed E-state index contributed by atoms with van der Waals surface area (Å²) >= 11 is -2.27. The number of ether oxygens (including phenoxy) is 2. The molecule has 8 heteroatoms. The number of rotatable bonds is 9. The average Bonchev–Trinajstić information content (AvgIpc) is 2.31. The molecule has 0 amide bonds. The molecule has 0 fully saturated rings. The Hall–Kier alpha value is 1.47. The van der Waals surface area contributed by atoms with Crippen LogP contribution in [0.25, 0.3) is 0 Å². The van der Waals surface area contributed by atoms with Crippen molar-refractivity contribution in [2.24, 2.45) is 0 Å². The van der Waals surface area contributed by atoms with Crippen molar-refractivity contribution in [1.29, 1.82) is 10.5 Å². The van der Waals surface area contributed by atoms with Gasteiger partial charge >= 0.3 is 128 Å². The van der Waals surface area contributed by atoms with Crippen LogP contribution >= 0.6 is 16.5 Å². The third kappa shape index (κ3) is 8.54. The Morgan fingerprint density at radius 2 is 1.38 bits per heavy atom. The predicted molar refractivity (Wildman–Crippen MR) is 57.6 cm³/mol. The molecule has 0 saturated carbocycles. The summed E-state index contributed by atoms with van der Waals surface area (Å²) in [7, 11) is 6.33. The molecule has 0 saturated heterocycles. The molecule has 0 heterocycles. The van der Waals surface area contributed by atoms with Crippen LogP contribution in [0, 0.1) is 21.3 Å². The summed E-state index contributed by atoms with van der Waals surface area (Å²) in [4.78, 5) is 0. The van der Waals surface area contributed by atoms with Crippen molar-refractivity contribution < 1.29 is 55.6 Å². The van der Waals surface area contributed by atoms with Gasteiger partial charge in [-0.1, -0.05) is 0 Å². The summed E-state index contributed by atoms with van der Waals surface area (Å²) in [6.45, 7) is 0. The first-order chi connectivity index (χ1) is 7.79. The number of nitriles is 2. The molecule has 0 unspecified atom stereocenters. The zero-order chi connectivity index (χ0) is 12.2. The molecule has 16 heavy (non-hydrogen) atoms. The maximum absolute atomic E-state index is 8.49. The first kappa shape index (κ1) is 17.5. The number of thiocyanates is 2. The zero-order valence-corrected chi connectivity index (χ0v) is 22.1. The molecular formula is C8H12Hg2N2O2S2. The minimum absolute atomic E-state index is 0.145. The standard InChI is InChI=1S/C6H12O2.2CHNS.2Hg/c1-5(7-3)6(2)8-4;2*2-1-3;;/h5-6H,1-2H2,3-4H3;2*3H;;/q;;;2*+1/p-2/t5-,6+;;;;. The molecule has 0 aromatic rings. The van der Waals surface area contributed by atoms with Gasteiger partial charge in [-0.2, -0.15) is 0 Å². The summed E-state index contributed by atoms with van der Waals surface area (Å²) in [5.41, 5.74) is 0. The molecule has 0 bridgehead atoms. The fourth-order valence-electron chi connectivity index (χ4n) is 1.35. The van der Waals surface area contributed by atoms with Gasteiger partial charge in [-0.3, -0.25) is 0 Å². The van der Waals surface area contributed by atoms with Crippen LogP contribution in [0.2, 0.25) is 7.86 Å². The summed E-state index contributed by atoms with van der Waals surface area (Å²) in [6, 6.07) is 0. The van der Waals surface area contributed by atoms with Gasteiger partial charge in [-0.05, 0) is 0 Å². The van der Waals surface area contributed by atoms with E-state index in [1.54, 1.807) is 14.2 Å². The predicted octanol–water partition coefficient (Wildman–Crippen LogP) is 2.28. The van der Waals surface area contributed by atoms with Crippen LogP contribution in [0.15, 0.2) is 0 Å². The van der Waals surface area contributed by atoms with E-state index in [1.165, 1.54) is 16.5 Å². The van der Waals surface area contributed by atoms with E-state index in [-0.39, 0.29) is 12.2 Å². The first-order valence-corrected chi connectivity index (χ1v) is 28.1. The fourth-order valence-corrected chi connectivity index (χ4v) is 17.3. The van der Waals surface area contributed by atoms with Crippen molar-refractivity contribution in [2.45, 2.75) is 20.1 Å². The Morgan fingerprint density at radius 1 is 1.00 bits per heavy atom. The monoisotopic (exact) mass is 636 g/mol. The van der Waals surface area contributed by atoms with Crippen LogP contribution < -0.4 is 0 Å². The Labute approximate surface area is 126 Å². The minimum atomic E-state index is -1.14. The molecule has 82 valence electrons. The van der Waals surface area contributed by atoms with E-state index >= 15 is 0 Å². The fraction of sp³-hybridized carbons (Fsp3) is 0.750. The quantitative estimate of drug-likeness (QED) is 0.221. The van der Waals surface area contributed by atoms with Crippen LogP contribution in [0.1, 0.15) is 0 Å². The van der Waals surface area contributed by atoms with Crippen LogP contribution in [0.3, 0.4) is 0 Å². The molecule has 0 aromatic carbocycles. The molecule has 0 radical (unpaired) electrons. The van der Waals surface area contributed by atoms with Gasteiger partial charge in [0.2, 0.25) is 0 Å². The van der Waals surface area contributed by atoms with E-state index in [2.05, 4.69) is 10.8 Å². The van der Waals surface area contributed by atoms with E-state index < -0.39 is 46.1 Å². The molecule has 0 aliphatic carbocycles. The van der Waals surface area contributed by atoms with E-state index in [4.69, 9.17) is 20.0 Å². The molecule has 4 nitrogen and oxygen atoms in total. The van der Waals surface area contributed by atoms with E-state index in [9.17, 15) is 0 Å². The van der Waals surface area contributed by atoms with Crippen molar-refractivity contribution in [1.82, 2.24) is 0 Å². The Bertz CT molecular complexity index is 231. The molecule has 0 spiro atoms. The van der Waals surface area contributed by atoms with Gasteiger partial charge in [0.1, 0.15) is 0 Å². The Kier molecular flexibility index (Phi) is 14.1. The van der Waals surface area contributed by atoms with Gasteiger partial charge < -0.3 is 0 Å². The molecule has 0 aliphatic rings. The van der Waals surface area contributed by atoms with Gasteiger partial charge in [0.05, 0.1) is 0 Å². The molecular weight excluding hydrogens is 621 g/mol. The third-order valence-electron chi connectivity index (χ3n) is 2.16. The first-order valence-electron chi connectivity index (χ1n) is 4.87. The van der Waals surface area contributed by atoms with E-state index in [0.29, 0.717) is 0 Å². The summed E-state index contributed by atoms with van der Waals surface area (Å²) in [5, 5.41) is 21.3. The SMILES string of the molecule is CO[C@@H]([CH2][Hg][S]C#N)[C@@H]([CH2][Hg][S]C#N)OC. The summed E-state index contributed by atoms with van der Waals surface area (Å²) in [6.07, 6.45) is 0.290. The number of hydrogen-bond acceptors (Lipinski definition) is 6. The number of hydrogen-bond donors (Lipinski definition) is 0. The van der Waals surface area contributed by atoms with E-state index in [0.717, 1.165) is 7.86 Å². The van der Waals surface area contributed by atoms with Gasteiger partial charge in [0.15, 0.2) is 0 Å². The van der Waals surface area contributed by atoms with Crippen LogP contribution in [0.4, 0.5) is 0 Å². The Morgan fingerprint density at radius 3 is 1.62 bits per heavy atom. The summed E-state index contributed by atoms with van der Waals surface area (Å²) < 4.78 is 12.9. The van der Waals surface area contributed by atoms with Gasteiger partial charge in [-0.25, -0.2) is 0 Å². The van der Waals surface area contributed by atoms with Crippen LogP contribution in [-0.2, 0) is 55.6 Å². The summed E-state index contributed by atoms with van der Waals surface area (Å²) in [5.74, 6) is 0. The van der Waals surface area contributed by atoms with Crippen LogP contribution in [0.5, 0.6) is 0 Å². The van der Waals surface area contributed by atoms with Gasteiger partial charge in [0, 0.05) is 0 Å². The normalized spacial score (nSPS) is 12.8. The molecule has 0 aliphatic heterocycles. The second-order valence-electron chi connectivity index (χ2n) is 3.01. The third-order valence-corrected chi connectivity index (χ3v) is 21.0. The molecule has 2 atom stereocenters. The number of methoxy groups -OCH3 is 2. The number of nitrogens with zero attached hydrogens (tertiary/aromatic N) is 2. The van der Waals surface area contributed by atoms with Crippen molar-refractivity contribution in [3.8, 4) is 10.8 Å². The van der Waals surface area contributed by atoms with Crippen molar-refractivity contribution in [3.05, 3.63) is 0 Å². The molecule has 0 aromatic heterocycles. The second-order valence-corrected chi connectivity index (χ2v) is 25.5. The van der Waals surface area contributed by atoms with Crippen molar-refractivity contribution in [3.63, 3.8) is 0 Å². The topological polar surface area (TPSA) is 66.0 Å². The van der Waals surface area contributed by atoms with Gasteiger partial charge in [-0.15, -0.1) is 0 Å². The van der Waals surface area contributed by atoms with Crippen molar-refractivity contribution >= 4 is 16.5 Å². The van der Waals surface area contributed by atoms with Crippen molar-refractivity contribution in [2.75, 3.05) is 14.2 Å².